The van der Waals surface area contributed by atoms with Gasteiger partial charge in [-0.3, -0.25) is 33.9 Å². The highest BCUT2D eigenvalue weighted by Crippen LogP contribution is 2.27. The highest BCUT2D eigenvalue weighted by Gasteiger charge is 2.51. The van der Waals surface area contributed by atoms with Crippen molar-refractivity contribution >= 4 is 29.4 Å². The van der Waals surface area contributed by atoms with Gasteiger partial charge in [0.25, 0.3) is 0 Å². The number of Topliss-reactive ketones (excluding diaryl/α,β-unsaturated/α-hetero) is 1. The van der Waals surface area contributed by atoms with E-state index in [1.807, 2.05) is 0 Å². The van der Waals surface area contributed by atoms with E-state index in [4.69, 9.17) is 0 Å². The SMILES string of the molecule is CC(C)[C@H](NC(=O)CCc1ccccn1)C(=O)N[C@@H](Cc1ccccc1)C(=O)C(F)(F)[C@H](Cc1ccccc1)NC(=O)[C@@H](NC(=O)CCc1ccccn1)C(C)C. The molecule has 0 aliphatic heterocycles. The third kappa shape index (κ3) is 13.7. The number of rotatable bonds is 21. The lowest BCUT2D eigenvalue weighted by molar-refractivity contribution is -0.153. The first kappa shape index (κ1) is 43.9. The van der Waals surface area contributed by atoms with E-state index in [0.29, 0.717) is 35.4 Å². The molecule has 57 heavy (non-hydrogen) atoms. The number of amides is 4. The van der Waals surface area contributed by atoms with Crippen molar-refractivity contribution in [3.05, 3.63) is 132 Å². The van der Waals surface area contributed by atoms with E-state index in [9.17, 15) is 24.0 Å². The van der Waals surface area contributed by atoms with Crippen LogP contribution in [0.4, 0.5) is 8.78 Å². The maximum Gasteiger partial charge on any atom is 0.327 e. The fraction of sp³-hybridized carbons (Fsp3) is 0.386. The first-order valence-corrected chi connectivity index (χ1v) is 19.2. The fourth-order valence-corrected chi connectivity index (χ4v) is 6.24. The Kier molecular flexibility index (Phi) is 16.5. The molecule has 11 nitrogen and oxygen atoms in total. The molecule has 0 aliphatic rings. The quantitative estimate of drug-likeness (QED) is 0.0928. The summed E-state index contributed by atoms with van der Waals surface area (Å²) in [4.78, 5) is 76.2. The Balaban J connectivity index is 1.57. The molecule has 4 rings (SSSR count). The number of pyridine rings is 2. The maximum atomic E-state index is 16.9. The average molecular weight is 783 g/mol. The fourth-order valence-electron chi connectivity index (χ4n) is 6.24. The minimum absolute atomic E-state index is 0.0124. The first-order valence-electron chi connectivity index (χ1n) is 19.2. The summed E-state index contributed by atoms with van der Waals surface area (Å²) in [5, 5.41) is 10.3. The van der Waals surface area contributed by atoms with Gasteiger partial charge in [0.2, 0.25) is 29.4 Å². The Morgan fingerprint density at radius 1 is 0.561 bits per heavy atom. The highest BCUT2D eigenvalue weighted by molar-refractivity contribution is 5.97. The summed E-state index contributed by atoms with van der Waals surface area (Å²) in [5.74, 6) is -9.41. The molecule has 0 bridgehead atoms. The van der Waals surface area contributed by atoms with Crippen LogP contribution in [0.25, 0.3) is 0 Å². The lowest BCUT2D eigenvalue weighted by atomic mass is 9.90. The molecule has 4 N–H and O–H groups in total. The lowest BCUT2D eigenvalue weighted by Crippen LogP contribution is -2.62. The number of hydrogen-bond acceptors (Lipinski definition) is 7. The maximum absolute atomic E-state index is 16.9. The van der Waals surface area contributed by atoms with Gasteiger partial charge in [-0.2, -0.15) is 8.78 Å². The number of aryl methyl sites for hydroxylation is 2. The van der Waals surface area contributed by atoms with Crippen molar-refractivity contribution in [2.24, 2.45) is 11.8 Å². The van der Waals surface area contributed by atoms with Gasteiger partial charge in [0, 0.05) is 36.6 Å². The predicted molar refractivity (Wildman–Crippen MR) is 213 cm³/mol. The molecule has 0 saturated carbocycles. The normalized spacial score (nSPS) is 13.5. The number of carbonyl (C=O) groups is 5. The molecule has 0 saturated heterocycles. The molecule has 0 spiro atoms. The Morgan fingerprint density at radius 2 is 0.982 bits per heavy atom. The van der Waals surface area contributed by atoms with Gasteiger partial charge in [0.1, 0.15) is 18.1 Å². The van der Waals surface area contributed by atoms with Crippen molar-refractivity contribution in [3.63, 3.8) is 0 Å². The van der Waals surface area contributed by atoms with E-state index in [1.54, 1.807) is 137 Å². The zero-order valence-electron chi connectivity index (χ0n) is 32.8. The molecule has 2 aromatic heterocycles. The number of hydrogen-bond donors (Lipinski definition) is 4. The van der Waals surface area contributed by atoms with Gasteiger partial charge < -0.3 is 21.3 Å². The molecule has 2 heterocycles. The minimum Gasteiger partial charge on any atom is -0.345 e. The molecule has 2 aromatic carbocycles. The van der Waals surface area contributed by atoms with Crippen molar-refractivity contribution in [2.45, 2.75) is 96.3 Å². The summed E-state index contributed by atoms with van der Waals surface area (Å²) >= 11 is 0. The van der Waals surface area contributed by atoms with Crippen molar-refractivity contribution < 1.29 is 32.8 Å². The van der Waals surface area contributed by atoms with Gasteiger partial charge in [-0.15, -0.1) is 0 Å². The second-order valence-corrected chi connectivity index (χ2v) is 14.7. The number of nitrogens with one attached hydrogen (secondary N) is 4. The van der Waals surface area contributed by atoms with Gasteiger partial charge >= 0.3 is 5.92 Å². The standard InChI is InChI=1S/C44H52F2N6O5/c1-29(2)39(51-37(53)23-21-33-19-11-13-25-47-33)42(56)49-35(27-31-15-7-5-8-16-31)41(55)44(45,46)36(28-32-17-9-6-10-18-32)50-43(57)40(30(3)4)52-38(54)24-22-34-20-12-14-26-48-34/h5-20,25-26,29-30,35-36,39-40H,21-24,27-28H2,1-4H3,(H,49,56)(H,50,57)(H,51,53)(H,52,54)/t35-,36-,39-,40-/m0/s1. The van der Waals surface area contributed by atoms with E-state index >= 15 is 8.78 Å². The summed E-state index contributed by atoms with van der Waals surface area (Å²) in [6, 6.07) is 21.1. The minimum atomic E-state index is -4.22. The molecule has 0 unspecified atom stereocenters. The van der Waals surface area contributed by atoms with Gasteiger partial charge in [-0.25, -0.2) is 0 Å². The Labute approximate surface area is 332 Å². The second kappa shape index (κ2) is 21.5. The van der Waals surface area contributed by atoms with Crippen LogP contribution in [-0.2, 0) is 49.7 Å². The lowest BCUT2D eigenvalue weighted by Gasteiger charge is -2.33. The number of halogens is 2. The summed E-state index contributed by atoms with van der Waals surface area (Å²) in [6.45, 7) is 6.74. The van der Waals surface area contributed by atoms with Gasteiger partial charge in [0.15, 0.2) is 0 Å². The van der Waals surface area contributed by atoms with Crippen LogP contribution >= 0.6 is 0 Å². The number of ketones is 1. The molecule has 4 amide bonds. The van der Waals surface area contributed by atoms with Gasteiger partial charge in [-0.1, -0.05) is 100 Å². The van der Waals surface area contributed by atoms with Crippen LogP contribution in [0.5, 0.6) is 0 Å². The summed E-state index contributed by atoms with van der Waals surface area (Å²) in [7, 11) is 0. The average Bonchev–Trinajstić information content (AvgIpc) is 3.20. The van der Waals surface area contributed by atoms with Gasteiger partial charge in [-0.05, 0) is 72.9 Å². The second-order valence-electron chi connectivity index (χ2n) is 14.7. The van der Waals surface area contributed by atoms with Crippen molar-refractivity contribution in [2.75, 3.05) is 0 Å². The molecule has 13 heteroatoms. The zero-order chi connectivity index (χ0) is 41.4. The van der Waals surface area contributed by atoms with Crippen molar-refractivity contribution in [1.29, 1.82) is 0 Å². The summed E-state index contributed by atoms with van der Waals surface area (Å²) < 4.78 is 33.8. The Hall–Kier alpha value is -5.85. The van der Waals surface area contributed by atoms with Crippen LogP contribution in [0.15, 0.2) is 109 Å². The molecular weight excluding hydrogens is 731 g/mol. The number of nitrogens with zero attached hydrogens (tertiary/aromatic N) is 2. The molecule has 4 aromatic rings. The largest absolute Gasteiger partial charge is 0.345 e. The van der Waals surface area contributed by atoms with Crippen LogP contribution in [0.2, 0.25) is 0 Å². The van der Waals surface area contributed by atoms with E-state index in [0.717, 1.165) is 0 Å². The first-order chi connectivity index (χ1) is 27.2. The van der Waals surface area contributed by atoms with Crippen LogP contribution in [0.1, 0.15) is 63.1 Å². The monoisotopic (exact) mass is 782 g/mol. The van der Waals surface area contributed by atoms with E-state index in [-0.39, 0.29) is 19.3 Å². The third-order valence-electron chi connectivity index (χ3n) is 9.48. The predicted octanol–water partition coefficient (Wildman–Crippen LogP) is 4.98. The third-order valence-corrected chi connectivity index (χ3v) is 9.48. The van der Waals surface area contributed by atoms with Gasteiger partial charge in [0.05, 0.1) is 6.04 Å². The summed E-state index contributed by atoms with van der Waals surface area (Å²) in [5.41, 5.74) is 2.30. The van der Waals surface area contributed by atoms with Crippen molar-refractivity contribution in [1.82, 2.24) is 31.2 Å². The number of aromatic nitrogens is 2. The van der Waals surface area contributed by atoms with Crippen LogP contribution in [0, 0.1) is 11.8 Å². The molecule has 4 atom stereocenters. The van der Waals surface area contributed by atoms with E-state index < -0.39 is 77.8 Å². The number of carbonyl (C=O) groups excluding carboxylic acids is 5. The smallest absolute Gasteiger partial charge is 0.327 e. The number of benzene rings is 2. The highest BCUT2D eigenvalue weighted by atomic mass is 19.3. The molecule has 302 valence electrons. The van der Waals surface area contributed by atoms with E-state index in [2.05, 4.69) is 31.2 Å². The van der Waals surface area contributed by atoms with Crippen LogP contribution in [-0.4, -0.2) is 69.5 Å². The molecule has 0 fully saturated rings. The Morgan fingerprint density at radius 3 is 1.40 bits per heavy atom. The molecular formula is C44H52F2N6O5. The topological polar surface area (TPSA) is 159 Å². The Bertz CT molecular complexity index is 1900. The molecule has 0 radical (unpaired) electrons. The molecule has 0 aliphatic carbocycles. The van der Waals surface area contributed by atoms with Crippen molar-refractivity contribution in [3.8, 4) is 0 Å². The van der Waals surface area contributed by atoms with E-state index in [1.165, 1.54) is 0 Å². The zero-order valence-corrected chi connectivity index (χ0v) is 32.8. The van der Waals surface area contributed by atoms with Crippen LogP contribution < -0.4 is 21.3 Å². The summed E-state index contributed by atoms with van der Waals surface area (Å²) in [6.07, 6.45) is 3.17. The van der Waals surface area contributed by atoms with Crippen LogP contribution in [0.3, 0.4) is 0 Å². The number of alkyl halides is 2.